The first-order valence-corrected chi connectivity index (χ1v) is 5.84. The lowest BCUT2D eigenvalue weighted by Gasteiger charge is -2.26. The Hall–Kier alpha value is -1.02. The third kappa shape index (κ3) is 2.72. The van der Waals surface area contributed by atoms with Crippen LogP contribution in [0.2, 0.25) is 0 Å². The first-order valence-electron chi connectivity index (χ1n) is 5.84. The van der Waals surface area contributed by atoms with Gasteiger partial charge in [-0.15, -0.1) is 0 Å². The largest absolute Gasteiger partial charge is 0.492 e. The monoisotopic (exact) mass is 205 g/mol. The Morgan fingerprint density at radius 1 is 1.40 bits per heavy atom. The zero-order valence-corrected chi connectivity index (χ0v) is 9.33. The van der Waals surface area contributed by atoms with E-state index in [-0.39, 0.29) is 0 Å². The molecule has 0 radical (unpaired) electrons. The number of benzene rings is 1. The molecule has 0 saturated carbocycles. The van der Waals surface area contributed by atoms with Crippen LogP contribution < -0.4 is 10.1 Å². The molecule has 82 valence electrons. The van der Waals surface area contributed by atoms with Crippen molar-refractivity contribution in [2.24, 2.45) is 0 Å². The van der Waals surface area contributed by atoms with Crippen molar-refractivity contribution in [3.63, 3.8) is 0 Å². The maximum atomic E-state index is 5.70. The predicted molar refractivity (Wildman–Crippen MR) is 62.3 cm³/mol. The Labute approximate surface area is 91.6 Å². The second-order valence-corrected chi connectivity index (χ2v) is 4.13. The minimum Gasteiger partial charge on any atom is -0.492 e. The van der Waals surface area contributed by atoms with Gasteiger partial charge in [-0.1, -0.05) is 31.5 Å². The average Bonchev–Trinajstić information content (AvgIpc) is 2.29. The molecule has 0 aromatic heterocycles. The van der Waals surface area contributed by atoms with Crippen molar-refractivity contribution >= 4 is 0 Å². The van der Waals surface area contributed by atoms with Gasteiger partial charge >= 0.3 is 0 Å². The van der Waals surface area contributed by atoms with Gasteiger partial charge in [0.15, 0.2) is 0 Å². The van der Waals surface area contributed by atoms with Crippen LogP contribution in [-0.2, 0) is 6.42 Å². The first kappa shape index (κ1) is 10.5. The van der Waals surface area contributed by atoms with Gasteiger partial charge in [0.25, 0.3) is 0 Å². The molecule has 0 spiro atoms. The molecule has 1 aliphatic heterocycles. The van der Waals surface area contributed by atoms with Crippen LogP contribution in [0.3, 0.4) is 0 Å². The molecule has 2 rings (SSSR count). The predicted octanol–water partition coefficient (Wildman–Crippen LogP) is 2.38. The van der Waals surface area contributed by atoms with Crippen LogP contribution in [0.5, 0.6) is 5.75 Å². The molecule has 1 N–H and O–H groups in total. The molecule has 0 bridgehead atoms. The topological polar surface area (TPSA) is 21.3 Å². The Bertz CT molecular complexity index is 311. The number of hydrogen-bond donors (Lipinski definition) is 1. The van der Waals surface area contributed by atoms with E-state index >= 15 is 0 Å². The quantitative estimate of drug-likeness (QED) is 0.762. The van der Waals surface area contributed by atoms with E-state index in [2.05, 4.69) is 30.4 Å². The van der Waals surface area contributed by atoms with E-state index in [4.69, 9.17) is 4.74 Å². The highest BCUT2D eigenvalue weighted by molar-refractivity contribution is 5.35. The minimum atomic E-state index is 0.492. The Morgan fingerprint density at radius 3 is 3.13 bits per heavy atom. The van der Waals surface area contributed by atoms with Gasteiger partial charge in [0.1, 0.15) is 12.4 Å². The van der Waals surface area contributed by atoms with E-state index in [0.717, 1.165) is 25.3 Å². The summed E-state index contributed by atoms with van der Waals surface area (Å²) in [6, 6.07) is 8.81. The van der Waals surface area contributed by atoms with E-state index < -0.39 is 0 Å². The van der Waals surface area contributed by atoms with Gasteiger partial charge in [0, 0.05) is 6.04 Å². The normalized spacial score (nSPS) is 19.4. The summed E-state index contributed by atoms with van der Waals surface area (Å²) in [6.07, 6.45) is 3.59. The van der Waals surface area contributed by atoms with Crippen molar-refractivity contribution in [3.05, 3.63) is 29.8 Å². The van der Waals surface area contributed by atoms with E-state index in [1.165, 1.54) is 18.4 Å². The van der Waals surface area contributed by atoms with Crippen molar-refractivity contribution < 1.29 is 4.74 Å². The van der Waals surface area contributed by atoms with Crippen LogP contribution >= 0.6 is 0 Å². The van der Waals surface area contributed by atoms with Gasteiger partial charge in [-0.05, 0) is 31.0 Å². The van der Waals surface area contributed by atoms with Gasteiger partial charge in [0.2, 0.25) is 0 Å². The first-order chi connectivity index (χ1) is 7.40. The summed E-state index contributed by atoms with van der Waals surface area (Å²) in [4.78, 5) is 0. The highest BCUT2D eigenvalue weighted by Gasteiger charge is 2.18. The number of para-hydroxylation sites is 1. The summed E-state index contributed by atoms with van der Waals surface area (Å²) >= 11 is 0. The Morgan fingerprint density at radius 2 is 2.27 bits per heavy atom. The maximum Gasteiger partial charge on any atom is 0.122 e. The van der Waals surface area contributed by atoms with Crippen molar-refractivity contribution in [1.82, 2.24) is 5.32 Å². The Balaban J connectivity index is 1.88. The highest BCUT2D eigenvalue weighted by Crippen LogP contribution is 2.23. The van der Waals surface area contributed by atoms with Crippen LogP contribution in [0.15, 0.2) is 24.3 Å². The second kappa shape index (κ2) is 5.17. The standard InChI is InChI=1S/C13H19NO/c1-2-3-8-14-12-9-11-6-4-5-7-13(11)15-10-12/h4-7,12,14H,2-3,8-10H2,1H3/t12-/m0/s1. The molecule has 0 saturated heterocycles. The van der Waals surface area contributed by atoms with Crippen LogP contribution in [0.1, 0.15) is 25.3 Å². The van der Waals surface area contributed by atoms with Crippen LogP contribution in [0.4, 0.5) is 0 Å². The molecule has 1 aromatic carbocycles. The molecular formula is C13H19NO. The summed E-state index contributed by atoms with van der Waals surface area (Å²) in [5.41, 5.74) is 1.33. The van der Waals surface area contributed by atoms with Gasteiger partial charge in [-0.2, -0.15) is 0 Å². The molecule has 0 fully saturated rings. The van der Waals surface area contributed by atoms with Crippen molar-refractivity contribution in [2.45, 2.75) is 32.2 Å². The van der Waals surface area contributed by atoms with Gasteiger partial charge < -0.3 is 10.1 Å². The van der Waals surface area contributed by atoms with Crippen LogP contribution in [0, 0.1) is 0 Å². The van der Waals surface area contributed by atoms with Gasteiger partial charge in [-0.25, -0.2) is 0 Å². The fourth-order valence-electron chi connectivity index (χ4n) is 1.94. The maximum absolute atomic E-state index is 5.70. The fraction of sp³-hybridized carbons (Fsp3) is 0.538. The number of unbranched alkanes of at least 4 members (excludes halogenated alkanes) is 1. The molecule has 1 aliphatic rings. The third-order valence-corrected chi connectivity index (χ3v) is 2.84. The summed E-state index contributed by atoms with van der Waals surface area (Å²) < 4.78 is 5.70. The van der Waals surface area contributed by atoms with Gasteiger partial charge in [-0.3, -0.25) is 0 Å². The van der Waals surface area contributed by atoms with E-state index in [0.29, 0.717) is 6.04 Å². The summed E-state index contributed by atoms with van der Waals surface area (Å²) in [5.74, 6) is 1.06. The minimum absolute atomic E-state index is 0.492. The second-order valence-electron chi connectivity index (χ2n) is 4.13. The smallest absolute Gasteiger partial charge is 0.122 e. The lowest BCUT2D eigenvalue weighted by molar-refractivity contribution is 0.238. The number of ether oxygens (including phenoxy) is 1. The van der Waals surface area contributed by atoms with Gasteiger partial charge in [0.05, 0.1) is 0 Å². The molecule has 0 aliphatic carbocycles. The summed E-state index contributed by atoms with van der Waals surface area (Å²) in [7, 11) is 0. The number of rotatable bonds is 4. The molecular weight excluding hydrogens is 186 g/mol. The molecule has 0 unspecified atom stereocenters. The van der Waals surface area contributed by atoms with Crippen molar-refractivity contribution in [2.75, 3.05) is 13.2 Å². The number of hydrogen-bond acceptors (Lipinski definition) is 2. The molecule has 1 aromatic rings. The number of nitrogens with one attached hydrogen (secondary N) is 1. The molecule has 15 heavy (non-hydrogen) atoms. The van der Waals surface area contributed by atoms with Crippen molar-refractivity contribution in [1.29, 1.82) is 0 Å². The van der Waals surface area contributed by atoms with Crippen molar-refractivity contribution in [3.8, 4) is 5.75 Å². The highest BCUT2D eigenvalue weighted by atomic mass is 16.5. The third-order valence-electron chi connectivity index (χ3n) is 2.84. The zero-order chi connectivity index (χ0) is 10.5. The molecule has 2 nitrogen and oxygen atoms in total. The fourth-order valence-corrected chi connectivity index (χ4v) is 1.94. The lowest BCUT2D eigenvalue weighted by atomic mass is 10.0. The van der Waals surface area contributed by atoms with Crippen LogP contribution in [-0.4, -0.2) is 19.2 Å². The lowest BCUT2D eigenvalue weighted by Crippen LogP contribution is -2.39. The van der Waals surface area contributed by atoms with E-state index in [1.54, 1.807) is 0 Å². The molecule has 1 atom stereocenters. The van der Waals surface area contributed by atoms with Crippen LogP contribution in [0.25, 0.3) is 0 Å². The molecule has 0 amide bonds. The zero-order valence-electron chi connectivity index (χ0n) is 9.33. The SMILES string of the molecule is CCCCN[C@@H]1COc2ccccc2C1. The molecule has 1 heterocycles. The summed E-state index contributed by atoms with van der Waals surface area (Å²) in [6.45, 7) is 4.13. The van der Waals surface area contributed by atoms with E-state index in [1.807, 2.05) is 6.07 Å². The summed E-state index contributed by atoms with van der Waals surface area (Å²) in [5, 5.41) is 3.54. The Kier molecular flexibility index (Phi) is 3.62. The average molecular weight is 205 g/mol. The van der Waals surface area contributed by atoms with E-state index in [9.17, 15) is 0 Å². The number of fused-ring (bicyclic) bond motifs is 1. The molecule has 2 heteroatoms.